The minimum absolute atomic E-state index is 0.102. The number of carbonyl (C=O) groups excluding carboxylic acids is 3. The van der Waals surface area contributed by atoms with E-state index in [0.29, 0.717) is 43.3 Å². The Kier molecular flexibility index (Phi) is 6.50. The Morgan fingerprint density at radius 1 is 1.22 bits per heavy atom. The molecule has 0 aromatic heterocycles. The smallest absolute Gasteiger partial charge is 0.337 e. The molecule has 0 radical (unpaired) electrons. The van der Waals surface area contributed by atoms with Crippen LogP contribution in [0.2, 0.25) is 0 Å². The fourth-order valence-corrected chi connectivity index (χ4v) is 4.17. The van der Waals surface area contributed by atoms with Gasteiger partial charge in [-0.3, -0.25) is 4.79 Å². The number of rotatable bonds is 5. The summed E-state index contributed by atoms with van der Waals surface area (Å²) in [5.41, 5.74) is 1.61. The summed E-state index contributed by atoms with van der Waals surface area (Å²) in [6, 6.07) is 6.54. The van der Waals surface area contributed by atoms with Gasteiger partial charge in [0.05, 0.1) is 55.9 Å². The van der Waals surface area contributed by atoms with E-state index < -0.39 is 18.1 Å². The van der Waals surface area contributed by atoms with Gasteiger partial charge in [0.15, 0.2) is 6.10 Å². The predicted molar refractivity (Wildman–Crippen MR) is 115 cm³/mol. The summed E-state index contributed by atoms with van der Waals surface area (Å²) in [5, 5.41) is 5.46. The van der Waals surface area contributed by atoms with Gasteiger partial charge in [-0.25, -0.2) is 9.59 Å². The molecule has 2 atom stereocenters. The Hall–Kier alpha value is -3.27. The van der Waals surface area contributed by atoms with Crippen molar-refractivity contribution >= 4 is 23.6 Å². The van der Waals surface area contributed by atoms with Gasteiger partial charge < -0.3 is 34.6 Å². The molecule has 1 saturated heterocycles. The van der Waals surface area contributed by atoms with E-state index in [0.717, 1.165) is 5.69 Å². The molecule has 0 bridgehead atoms. The Morgan fingerprint density at radius 3 is 2.72 bits per heavy atom. The summed E-state index contributed by atoms with van der Waals surface area (Å²) in [6.45, 7) is 6.27. The van der Waals surface area contributed by atoms with Crippen molar-refractivity contribution in [3.8, 4) is 5.75 Å². The van der Waals surface area contributed by atoms with Gasteiger partial charge >= 0.3 is 12.0 Å². The Bertz CT molecular complexity index is 927. The molecule has 0 saturated carbocycles. The molecule has 3 amide bonds. The van der Waals surface area contributed by atoms with Crippen LogP contribution in [0.4, 0.5) is 10.5 Å². The van der Waals surface area contributed by atoms with Gasteiger partial charge in [-0.15, -0.1) is 0 Å². The molecular formula is C22H28N4O6. The summed E-state index contributed by atoms with van der Waals surface area (Å²) in [7, 11) is 0. The highest BCUT2D eigenvalue weighted by Gasteiger charge is 2.36. The van der Waals surface area contributed by atoms with Crippen LogP contribution in [0.1, 0.15) is 13.8 Å². The summed E-state index contributed by atoms with van der Waals surface area (Å²) in [4.78, 5) is 41.6. The maximum Gasteiger partial charge on any atom is 0.337 e. The van der Waals surface area contributed by atoms with Crippen LogP contribution in [0.3, 0.4) is 0 Å². The van der Waals surface area contributed by atoms with Gasteiger partial charge in [0, 0.05) is 13.1 Å². The van der Waals surface area contributed by atoms with Crippen LogP contribution in [0.25, 0.3) is 0 Å². The molecule has 172 valence electrons. The molecule has 4 rings (SSSR count). The molecule has 0 unspecified atom stereocenters. The second kappa shape index (κ2) is 9.47. The van der Waals surface area contributed by atoms with Gasteiger partial charge in [0.25, 0.3) is 5.91 Å². The second-order valence-corrected chi connectivity index (χ2v) is 7.83. The van der Waals surface area contributed by atoms with Gasteiger partial charge in [0.2, 0.25) is 0 Å². The van der Waals surface area contributed by atoms with Crippen molar-refractivity contribution < 1.29 is 28.6 Å². The van der Waals surface area contributed by atoms with Crippen LogP contribution < -0.4 is 20.3 Å². The zero-order valence-corrected chi connectivity index (χ0v) is 18.3. The van der Waals surface area contributed by atoms with Crippen LogP contribution in [0.15, 0.2) is 35.5 Å². The quantitative estimate of drug-likeness (QED) is 0.641. The number of ether oxygens (including phenoxy) is 3. The molecule has 0 aliphatic carbocycles. The van der Waals surface area contributed by atoms with E-state index in [2.05, 4.69) is 10.6 Å². The molecule has 1 fully saturated rings. The summed E-state index contributed by atoms with van der Waals surface area (Å²) in [5.74, 6) is -0.00273. The van der Waals surface area contributed by atoms with E-state index in [9.17, 15) is 14.4 Å². The van der Waals surface area contributed by atoms with Crippen LogP contribution in [-0.4, -0.2) is 81.0 Å². The summed E-state index contributed by atoms with van der Waals surface area (Å²) < 4.78 is 16.6. The first-order valence-corrected chi connectivity index (χ1v) is 10.8. The highest BCUT2D eigenvalue weighted by atomic mass is 16.5. The van der Waals surface area contributed by atoms with E-state index in [1.54, 1.807) is 18.7 Å². The van der Waals surface area contributed by atoms with Crippen molar-refractivity contribution in [2.75, 3.05) is 50.9 Å². The third-order valence-corrected chi connectivity index (χ3v) is 5.67. The number of morpholine rings is 1. The number of para-hydroxylation sites is 2. The van der Waals surface area contributed by atoms with E-state index in [1.807, 2.05) is 29.2 Å². The highest BCUT2D eigenvalue weighted by molar-refractivity contribution is 5.95. The summed E-state index contributed by atoms with van der Waals surface area (Å²) >= 11 is 0. The highest BCUT2D eigenvalue weighted by Crippen LogP contribution is 2.34. The molecule has 3 heterocycles. The molecule has 2 N–H and O–H groups in total. The predicted octanol–water partition coefficient (Wildman–Crippen LogP) is 0.631. The zero-order valence-electron chi connectivity index (χ0n) is 18.3. The maximum absolute atomic E-state index is 13.1. The number of hydrogen-bond acceptors (Lipinski definition) is 7. The maximum atomic E-state index is 13.1. The molecule has 1 aromatic rings. The number of benzene rings is 1. The number of hydrogen-bond donors (Lipinski definition) is 2. The van der Waals surface area contributed by atoms with Crippen molar-refractivity contribution in [2.24, 2.45) is 0 Å². The van der Waals surface area contributed by atoms with Gasteiger partial charge in [0.1, 0.15) is 5.75 Å². The van der Waals surface area contributed by atoms with Gasteiger partial charge in [-0.2, -0.15) is 0 Å². The number of nitrogens with one attached hydrogen (secondary N) is 2. The lowest BCUT2D eigenvalue weighted by atomic mass is 10.0. The first kappa shape index (κ1) is 21.9. The average Bonchev–Trinajstić information content (AvgIpc) is 2.79. The van der Waals surface area contributed by atoms with Crippen LogP contribution in [-0.2, 0) is 19.1 Å². The molecule has 10 nitrogen and oxygen atoms in total. The normalized spacial score (nSPS) is 23.0. The van der Waals surface area contributed by atoms with E-state index in [4.69, 9.17) is 14.2 Å². The van der Waals surface area contributed by atoms with Crippen LogP contribution >= 0.6 is 0 Å². The minimum Gasteiger partial charge on any atom is -0.477 e. The number of fused-ring (bicyclic) bond motifs is 1. The monoisotopic (exact) mass is 444 g/mol. The molecule has 0 spiro atoms. The number of nitrogens with zero attached hydrogens (tertiary/aromatic N) is 2. The number of urea groups is 1. The Balaban J connectivity index is 1.63. The fraction of sp³-hybridized carbons (Fsp3) is 0.500. The lowest BCUT2D eigenvalue weighted by molar-refractivity contribution is -0.142. The average molecular weight is 444 g/mol. The zero-order chi connectivity index (χ0) is 22.7. The van der Waals surface area contributed by atoms with Gasteiger partial charge in [-0.1, -0.05) is 12.1 Å². The van der Waals surface area contributed by atoms with E-state index >= 15 is 0 Å². The Labute approximate surface area is 186 Å². The minimum atomic E-state index is -0.704. The van der Waals surface area contributed by atoms with Crippen LogP contribution in [0.5, 0.6) is 5.75 Å². The fourth-order valence-electron chi connectivity index (χ4n) is 4.17. The lowest BCUT2D eigenvalue weighted by Gasteiger charge is -2.39. The van der Waals surface area contributed by atoms with Crippen LogP contribution in [0, 0.1) is 0 Å². The lowest BCUT2D eigenvalue weighted by Crippen LogP contribution is -2.55. The molecule has 10 heteroatoms. The first-order valence-electron chi connectivity index (χ1n) is 10.8. The van der Waals surface area contributed by atoms with Crippen molar-refractivity contribution in [3.05, 3.63) is 35.5 Å². The molecule has 3 aliphatic heterocycles. The molecule has 3 aliphatic rings. The summed E-state index contributed by atoms with van der Waals surface area (Å²) in [6.07, 6.45) is -0.704. The van der Waals surface area contributed by atoms with Crippen molar-refractivity contribution in [3.63, 3.8) is 0 Å². The van der Waals surface area contributed by atoms with Crippen molar-refractivity contribution in [2.45, 2.75) is 26.0 Å². The number of esters is 1. The van der Waals surface area contributed by atoms with Gasteiger partial charge in [-0.05, 0) is 26.0 Å². The molecule has 32 heavy (non-hydrogen) atoms. The third-order valence-electron chi connectivity index (χ3n) is 5.67. The molecule has 1 aromatic carbocycles. The molecular weight excluding hydrogens is 416 g/mol. The SMILES string of the molecule is CCOC(=O)C1=C(CN2C[C@H](C(=O)N3CCOCC3)Oc3ccccc32)NC(=O)N[C@H]1C. The van der Waals surface area contributed by atoms with E-state index in [1.165, 1.54) is 0 Å². The number of anilines is 1. The third kappa shape index (κ3) is 4.50. The van der Waals surface area contributed by atoms with Crippen molar-refractivity contribution in [1.82, 2.24) is 15.5 Å². The number of carbonyl (C=O) groups is 3. The standard InChI is InChI=1S/C22H28N4O6/c1-3-31-21(28)19-14(2)23-22(29)24-15(19)12-26-13-18(20(27)25-8-10-30-11-9-25)32-17-7-5-4-6-16(17)26/h4-7,14,18H,3,8-13H2,1-2H3,(H2,23,24,29)/t14-,18+/m0/s1. The Morgan fingerprint density at radius 2 is 1.97 bits per heavy atom. The topological polar surface area (TPSA) is 109 Å². The first-order chi connectivity index (χ1) is 15.5. The van der Waals surface area contributed by atoms with E-state index in [-0.39, 0.29) is 31.6 Å². The second-order valence-electron chi connectivity index (χ2n) is 7.83. The largest absolute Gasteiger partial charge is 0.477 e. The number of amides is 3. The van der Waals surface area contributed by atoms with Crippen molar-refractivity contribution in [1.29, 1.82) is 0 Å².